The van der Waals surface area contributed by atoms with E-state index in [1.165, 1.54) is 24.3 Å². The molecule has 37 heavy (non-hydrogen) atoms. The van der Waals surface area contributed by atoms with E-state index >= 15 is 0 Å². The molecule has 0 saturated carbocycles. The van der Waals surface area contributed by atoms with Gasteiger partial charge in [-0.1, -0.05) is 42.5 Å². The highest BCUT2D eigenvalue weighted by molar-refractivity contribution is 7.90. The molecule has 192 valence electrons. The predicted molar refractivity (Wildman–Crippen MR) is 138 cm³/mol. The van der Waals surface area contributed by atoms with Crippen LogP contribution in [0.3, 0.4) is 0 Å². The Labute approximate surface area is 217 Å². The lowest BCUT2D eigenvalue weighted by Crippen LogP contribution is -2.29. The molecule has 1 aromatic heterocycles. The van der Waals surface area contributed by atoms with E-state index in [1.54, 1.807) is 31.2 Å². The third-order valence-electron chi connectivity index (χ3n) is 5.20. The van der Waals surface area contributed by atoms with Crippen LogP contribution in [0.25, 0.3) is 10.4 Å². The second-order valence-electron chi connectivity index (χ2n) is 7.85. The molecule has 0 radical (unpaired) electrons. The second kappa shape index (κ2) is 10.9. The topological polar surface area (TPSA) is 140 Å². The number of esters is 2. The second-order valence-corrected chi connectivity index (χ2v) is 10.6. The van der Waals surface area contributed by atoms with Gasteiger partial charge >= 0.3 is 11.9 Å². The van der Waals surface area contributed by atoms with Gasteiger partial charge in [-0.3, -0.25) is 14.5 Å². The predicted octanol–water partition coefficient (Wildman–Crippen LogP) is 3.20. The van der Waals surface area contributed by atoms with Crippen molar-refractivity contribution >= 4 is 50.7 Å². The van der Waals surface area contributed by atoms with Crippen molar-refractivity contribution in [2.75, 3.05) is 18.5 Å². The van der Waals surface area contributed by atoms with Crippen molar-refractivity contribution in [2.24, 2.45) is 4.99 Å². The third-order valence-corrected chi connectivity index (χ3v) is 7.76. The van der Waals surface area contributed by atoms with Crippen molar-refractivity contribution in [2.45, 2.75) is 24.8 Å². The van der Waals surface area contributed by atoms with Gasteiger partial charge in [0.15, 0.2) is 6.61 Å². The van der Waals surface area contributed by atoms with Crippen molar-refractivity contribution in [3.8, 4) is 10.4 Å². The number of thiophene rings is 1. The number of sulfonamides is 1. The Morgan fingerprint density at radius 2 is 1.76 bits per heavy atom. The number of ether oxygens (including phenoxy) is 2. The monoisotopic (exact) mass is 541 g/mol. The summed E-state index contributed by atoms with van der Waals surface area (Å²) in [6.07, 6.45) is 0. The molecule has 1 unspecified atom stereocenters. The number of aliphatic imine (C=N–C) groups is 1. The van der Waals surface area contributed by atoms with E-state index in [1.807, 2.05) is 30.3 Å². The van der Waals surface area contributed by atoms with E-state index in [2.05, 4.69) is 15.0 Å². The zero-order valence-electron chi connectivity index (χ0n) is 19.9. The maximum Gasteiger partial charge on any atom is 0.350 e. The Hall–Kier alpha value is -4.03. The number of nitrogens with zero attached hydrogens (tertiary/aromatic N) is 1. The smallest absolute Gasteiger partial charge is 0.350 e. The third kappa shape index (κ3) is 5.87. The van der Waals surface area contributed by atoms with Crippen LogP contribution >= 0.6 is 11.3 Å². The molecule has 1 atom stereocenters. The molecule has 0 aliphatic carbocycles. The van der Waals surface area contributed by atoms with E-state index in [4.69, 9.17) is 9.47 Å². The summed E-state index contributed by atoms with van der Waals surface area (Å²) in [4.78, 5) is 42.6. The minimum Gasteiger partial charge on any atom is -0.462 e. The molecule has 2 aromatic carbocycles. The Bertz CT molecular complexity index is 1480. The Morgan fingerprint density at radius 1 is 1.05 bits per heavy atom. The van der Waals surface area contributed by atoms with Crippen LogP contribution in [-0.2, 0) is 29.1 Å². The minimum atomic E-state index is -3.75. The fraction of sp³-hybridized carbons (Fsp3) is 0.200. The Balaban J connectivity index is 1.42. The van der Waals surface area contributed by atoms with Crippen molar-refractivity contribution < 1.29 is 32.3 Å². The SMILES string of the molecule is CCOC(=O)c1sc(-c2ccccc2)cc1NC(=O)COC(=O)C(C)N=C1NS(=O)(=O)c2ccccc21. The van der Waals surface area contributed by atoms with Gasteiger partial charge in [-0.25, -0.2) is 18.0 Å². The molecule has 1 aliphatic heterocycles. The van der Waals surface area contributed by atoms with E-state index in [0.29, 0.717) is 5.56 Å². The number of hydrogen-bond acceptors (Lipinski definition) is 9. The van der Waals surface area contributed by atoms with Crippen molar-refractivity contribution in [3.05, 3.63) is 71.1 Å². The minimum absolute atomic E-state index is 0.0234. The van der Waals surface area contributed by atoms with Gasteiger partial charge in [0.1, 0.15) is 16.8 Å². The summed E-state index contributed by atoms with van der Waals surface area (Å²) in [5, 5.41) is 2.60. The van der Waals surface area contributed by atoms with Gasteiger partial charge in [-0.15, -0.1) is 11.3 Å². The van der Waals surface area contributed by atoms with E-state index in [0.717, 1.165) is 10.4 Å². The summed E-state index contributed by atoms with van der Waals surface area (Å²) in [6.45, 7) is 2.64. The number of amidine groups is 1. The van der Waals surface area contributed by atoms with Gasteiger partial charge in [0.25, 0.3) is 15.9 Å². The van der Waals surface area contributed by atoms with Gasteiger partial charge in [-0.2, -0.15) is 0 Å². The first kappa shape index (κ1) is 26.0. The number of benzene rings is 2. The van der Waals surface area contributed by atoms with Crippen LogP contribution in [0, 0.1) is 0 Å². The highest BCUT2D eigenvalue weighted by atomic mass is 32.2. The normalized spacial score (nSPS) is 15.4. The average molecular weight is 542 g/mol. The maximum absolute atomic E-state index is 12.5. The lowest BCUT2D eigenvalue weighted by Gasteiger charge is -2.10. The lowest BCUT2D eigenvalue weighted by molar-refractivity contribution is -0.148. The van der Waals surface area contributed by atoms with Crippen molar-refractivity contribution in [1.82, 2.24) is 4.72 Å². The first-order chi connectivity index (χ1) is 17.7. The molecule has 2 N–H and O–H groups in total. The molecular weight excluding hydrogens is 518 g/mol. The number of carbonyl (C=O) groups excluding carboxylic acids is 3. The summed E-state index contributed by atoms with van der Waals surface area (Å²) in [5.41, 5.74) is 1.45. The number of fused-ring (bicyclic) bond motifs is 1. The van der Waals surface area contributed by atoms with Crippen LogP contribution in [0.4, 0.5) is 5.69 Å². The highest BCUT2D eigenvalue weighted by Crippen LogP contribution is 2.35. The molecule has 4 rings (SSSR count). The van der Waals surface area contributed by atoms with E-state index in [-0.39, 0.29) is 27.9 Å². The molecule has 3 aromatic rings. The maximum atomic E-state index is 12.5. The standard InChI is InChI=1S/C25H23N3O7S2/c1-3-34-25(31)22-18(13-19(36-22)16-9-5-4-6-10-16)27-21(29)14-35-24(30)15(2)26-23-17-11-7-8-12-20(17)37(32,33)28-23/h4-13,15H,3,14H2,1-2H3,(H,26,28)(H,27,29). The van der Waals surface area contributed by atoms with Crippen LogP contribution in [0.1, 0.15) is 29.1 Å². The zero-order valence-corrected chi connectivity index (χ0v) is 21.5. The molecule has 1 aliphatic rings. The van der Waals surface area contributed by atoms with Crippen LogP contribution in [-0.4, -0.2) is 51.4 Å². The molecule has 10 nitrogen and oxygen atoms in total. The van der Waals surface area contributed by atoms with Gasteiger partial charge < -0.3 is 14.8 Å². The Kier molecular flexibility index (Phi) is 7.69. The molecule has 0 bridgehead atoms. The number of anilines is 1. The zero-order chi connectivity index (χ0) is 26.6. The molecule has 1 amide bonds. The number of hydrogen-bond donors (Lipinski definition) is 2. The molecular formula is C25H23N3O7S2. The summed E-state index contributed by atoms with van der Waals surface area (Å²) >= 11 is 1.17. The van der Waals surface area contributed by atoms with Crippen LogP contribution < -0.4 is 10.0 Å². The van der Waals surface area contributed by atoms with Crippen LogP contribution in [0.2, 0.25) is 0 Å². The summed E-state index contributed by atoms with van der Waals surface area (Å²) in [5.74, 6) is -2.05. The van der Waals surface area contributed by atoms with Gasteiger partial charge in [0, 0.05) is 10.4 Å². The van der Waals surface area contributed by atoms with Crippen molar-refractivity contribution in [3.63, 3.8) is 0 Å². The van der Waals surface area contributed by atoms with Gasteiger partial charge in [0.2, 0.25) is 0 Å². The first-order valence-electron chi connectivity index (χ1n) is 11.2. The summed E-state index contributed by atoms with van der Waals surface area (Å²) in [6, 6.07) is 16.2. The first-order valence-corrected chi connectivity index (χ1v) is 13.5. The Morgan fingerprint density at radius 3 is 2.49 bits per heavy atom. The number of carbonyl (C=O) groups is 3. The molecule has 0 spiro atoms. The van der Waals surface area contributed by atoms with E-state index in [9.17, 15) is 22.8 Å². The van der Waals surface area contributed by atoms with E-state index < -0.39 is 40.5 Å². The fourth-order valence-corrected chi connectivity index (χ4v) is 5.75. The summed E-state index contributed by atoms with van der Waals surface area (Å²) < 4.78 is 36.9. The highest BCUT2D eigenvalue weighted by Gasteiger charge is 2.31. The average Bonchev–Trinajstić information content (AvgIpc) is 3.41. The van der Waals surface area contributed by atoms with Crippen molar-refractivity contribution in [1.29, 1.82) is 0 Å². The number of amides is 1. The van der Waals surface area contributed by atoms with Crippen LogP contribution in [0.15, 0.2) is 70.6 Å². The fourth-order valence-electron chi connectivity index (χ4n) is 3.50. The van der Waals surface area contributed by atoms with Gasteiger partial charge in [0.05, 0.1) is 17.2 Å². The van der Waals surface area contributed by atoms with Crippen LogP contribution in [0.5, 0.6) is 0 Å². The lowest BCUT2D eigenvalue weighted by atomic mass is 10.2. The van der Waals surface area contributed by atoms with Gasteiger partial charge in [-0.05, 0) is 37.6 Å². The quantitative estimate of drug-likeness (QED) is 0.417. The largest absolute Gasteiger partial charge is 0.462 e. The molecule has 0 saturated heterocycles. The number of nitrogens with one attached hydrogen (secondary N) is 2. The molecule has 2 heterocycles. The molecule has 12 heteroatoms. The number of rotatable bonds is 8. The molecule has 0 fully saturated rings. The summed E-state index contributed by atoms with van der Waals surface area (Å²) in [7, 11) is -3.75.